The summed E-state index contributed by atoms with van der Waals surface area (Å²) in [6, 6.07) is 4.19. The van der Waals surface area contributed by atoms with Crippen molar-refractivity contribution in [3.05, 3.63) is 29.6 Å². The molecule has 1 rings (SSSR count). The molecule has 0 saturated heterocycles. The molecule has 15 heavy (non-hydrogen) atoms. The third kappa shape index (κ3) is 4.96. The van der Waals surface area contributed by atoms with Crippen LogP contribution in [0, 0.1) is 0 Å². The second kappa shape index (κ2) is 7.44. The van der Waals surface area contributed by atoms with E-state index in [1.807, 2.05) is 12.3 Å². The Bertz CT molecular complexity index is 237. The molecule has 1 nitrogen and oxygen atoms in total. The fourth-order valence-corrected chi connectivity index (χ4v) is 1.40. The lowest BCUT2D eigenvalue weighted by molar-refractivity contribution is 0.757. The minimum atomic E-state index is 0.531. The topological polar surface area (TPSA) is 12.9 Å². The summed E-state index contributed by atoms with van der Waals surface area (Å²) in [5.74, 6) is 1.11. The molecule has 0 N–H and O–H groups in total. The smallest absolute Gasteiger partial charge is 0.0463 e. The molecule has 0 spiro atoms. The van der Waals surface area contributed by atoms with E-state index in [1.54, 1.807) is 0 Å². The number of hydrogen-bond donors (Lipinski definition) is 0. The molecule has 0 saturated carbocycles. The van der Waals surface area contributed by atoms with Crippen LogP contribution in [0.25, 0.3) is 0 Å². The first-order chi connectivity index (χ1) is 7.04. The summed E-state index contributed by atoms with van der Waals surface area (Å²) in [6.45, 7) is 13.0. The van der Waals surface area contributed by atoms with E-state index in [9.17, 15) is 0 Å². The summed E-state index contributed by atoms with van der Waals surface area (Å²) in [4.78, 5) is 4.40. The van der Waals surface area contributed by atoms with Gasteiger partial charge in [-0.2, -0.15) is 0 Å². The van der Waals surface area contributed by atoms with Gasteiger partial charge in [-0.3, -0.25) is 4.98 Å². The van der Waals surface area contributed by atoms with Crippen LogP contribution in [0.1, 0.15) is 71.1 Å². The van der Waals surface area contributed by atoms with E-state index in [-0.39, 0.29) is 0 Å². The van der Waals surface area contributed by atoms with E-state index in [0.29, 0.717) is 11.8 Å². The van der Waals surface area contributed by atoms with Crippen LogP contribution >= 0.6 is 0 Å². The second-order valence-electron chi connectivity index (χ2n) is 4.49. The number of pyridine rings is 1. The normalized spacial score (nSPS) is 10.1. The predicted octanol–water partition coefficient (Wildman–Crippen LogP) is 4.74. The molecular weight excluding hydrogens is 182 g/mol. The van der Waals surface area contributed by atoms with Crippen molar-refractivity contribution < 1.29 is 0 Å². The SMILES string of the molecule is CC(C)c1cccnc1C(C)C.CCC. The summed E-state index contributed by atoms with van der Waals surface area (Å²) in [5.41, 5.74) is 2.63. The zero-order chi connectivity index (χ0) is 11.8. The molecule has 0 atom stereocenters. The maximum atomic E-state index is 4.40. The van der Waals surface area contributed by atoms with E-state index in [2.05, 4.69) is 52.6 Å². The van der Waals surface area contributed by atoms with Crippen LogP contribution < -0.4 is 0 Å². The van der Waals surface area contributed by atoms with Crippen molar-refractivity contribution >= 4 is 0 Å². The maximum Gasteiger partial charge on any atom is 0.0463 e. The van der Waals surface area contributed by atoms with Crippen molar-refractivity contribution in [1.29, 1.82) is 0 Å². The first kappa shape index (κ1) is 14.2. The Labute approximate surface area is 94.9 Å². The van der Waals surface area contributed by atoms with Gasteiger partial charge in [0, 0.05) is 11.9 Å². The first-order valence-corrected chi connectivity index (χ1v) is 5.99. The molecule has 1 heterocycles. The number of nitrogens with zero attached hydrogens (tertiary/aromatic N) is 1. The van der Waals surface area contributed by atoms with Crippen LogP contribution in [0.3, 0.4) is 0 Å². The van der Waals surface area contributed by atoms with Crippen LogP contribution in [0.4, 0.5) is 0 Å². The second-order valence-corrected chi connectivity index (χ2v) is 4.49. The quantitative estimate of drug-likeness (QED) is 0.682. The highest BCUT2D eigenvalue weighted by Gasteiger charge is 2.09. The van der Waals surface area contributed by atoms with Gasteiger partial charge in [0.25, 0.3) is 0 Å². The van der Waals surface area contributed by atoms with Crippen molar-refractivity contribution in [1.82, 2.24) is 4.98 Å². The lowest BCUT2D eigenvalue weighted by Gasteiger charge is -2.13. The van der Waals surface area contributed by atoms with E-state index < -0.39 is 0 Å². The zero-order valence-corrected chi connectivity index (χ0v) is 11.0. The van der Waals surface area contributed by atoms with E-state index in [0.717, 1.165) is 0 Å². The van der Waals surface area contributed by atoms with Gasteiger partial charge in [-0.1, -0.05) is 54.0 Å². The number of aromatic nitrogens is 1. The summed E-state index contributed by atoms with van der Waals surface area (Å²) in [5, 5.41) is 0. The predicted molar refractivity (Wildman–Crippen MR) is 68.4 cm³/mol. The van der Waals surface area contributed by atoms with Crippen LogP contribution in [-0.4, -0.2) is 4.98 Å². The standard InChI is InChI=1S/C11H17N.C3H8/c1-8(2)10-6-5-7-12-11(10)9(3)4;1-3-2/h5-9H,1-4H3;3H2,1-2H3. The third-order valence-electron chi connectivity index (χ3n) is 2.04. The average molecular weight is 207 g/mol. The highest BCUT2D eigenvalue weighted by Crippen LogP contribution is 2.23. The van der Waals surface area contributed by atoms with Crippen molar-refractivity contribution in [2.45, 2.75) is 59.8 Å². The van der Waals surface area contributed by atoms with Crippen LogP contribution in [-0.2, 0) is 0 Å². The van der Waals surface area contributed by atoms with Crippen LogP contribution in [0.5, 0.6) is 0 Å². The average Bonchev–Trinajstić information content (AvgIpc) is 2.19. The van der Waals surface area contributed by atoms with Gasteiger partial charge in [-0.05, 0) is 23.5 Å². The molecule has 1 heteroatoms. The molecule has 86 valence electrons. The van der Waals surface area contributed by atoms with E-state index >= 15 is 0 Å². The Balaban J connectivity index is 0.000000583. The minimum Gasteiger partial charge on any atom is -0.261 e. The van der Waals surface area contributed by atoms with Gasteiger partial charge < -0.3 is 0 Å². The highest BCUT2D eigenvalue weighted by atomic mass is 14.7. The Morgan fingerprint density at radius 1 is 1.07 bits per heavy atom. The monoisotopic (exact) mass is 207 g/mol. The lowest BCUT2D eigenvalue weighted by Crippen LogP contribution is -2.00. The molecule has 0 aliphatic carbocycles. The summed E-state index contributed by atoms with van der Waals surface area (Å²) in [6.07, 6.45) is 3.13. The van der Waals surface area contributed by atoms with E-state index in [4.69, 9.17) is 0 Å². The van der Waals surface area contributed by atoms with E-state index in [1.165, 1.54) is 17.7 Å². The first-order valence-electron chi connectivity index (χ1n) is 5.99. The van der Waals surface area contributed by atoms with Gasteiger partial charge in [0.1, 0.15) is 0 Å². The van der Waals surface area contributed by atoms with Crippen molar-refractivity contribution in [2.24, 2.45) is 0 Å². The molecule has 1 aromatic heterocycles. The van der Waals surface area contributed by atoms with Crippen molar-refractivity contribution in [2.75, 3.05) is 0 Å². The molecule has 0 radical (unpaired) electrons. The van der Waals surface area contributed by atoms with Gasteiger partial charge in [-0.15, -0.1) is 0 Å². The Morgan fingerprint density at radius 2 is 1.60 bits per heavy atom. The lowest BCUT2D eigenvalue weighted by atomic mass is 9.96. The molecule has 0 bridgehead atoms. The molecule has 0 unspecified atom stereocenters. The van der Waals surface area contributed by atoms with Crippen LogP contribution in [0.15, 0.2) is 18.3 Å². The van der Waals surface area contributed by atoms with Gasteiger partial charge in [0.15, 0.2) is 0 Å². The third-order valence-corrected chi connectivity index (χ3v) is 2.04. The molecule has 0 aliphatic rings. The molecular formula is C14H25N. The van der Waals surface area contributed by atoms with Gasteiger partial charge in [0.2, 0.25) is 0 Å². The van der Waals surface area contributed by atoms with Crippen molar-refractivity contribution in [3.8, 4) is 0 Å². The maximum absolute atomic E-state index is 4.40. The molecule has 0 fully saturated rings. The Hall–Kier alpha value is -0.850. The van der Waals surface area contributed by atoms with Crippen molar-refractivity contribution in [3.63, 3.8) is 0 Å². The fourth-order valence-electron chi connectivity index (χ4n) is 1.40. The largest absolute Gasteiger partial charge is 0.261 e. The van der Waals surface area contributed by atoms with Gasteiger partial charge in [-0.25, -0.2) is 0 Å². The molecule has 1 aromatic rings. The molecule has 0 aromatic carbocycles. The minimum absolute atomic E-state index is 0.531. The number of rotatable bonds is 2. The number of hydrogen-bond acceptors (Lipinski definition) is 1. The Morgan fingerprint density at radius 3 is 1.93 bits per heavy atom. The highest BCUT2D eigenvalue weighted by molar-refractivity contribution is 5.25. The fraction of sp³-hybridized carbons (Fsp3) is 0.643. The molecule has 0 aliphatic heterocycles. The van der Waals surface area contributed by atoms with Crippen LogP contribution in [0.2, 0.25) is 0 Å². The van der Waals surface area contributed by atoms with Gasteiger partial charge in [0.05, 0.1) is 0 Å². The summed E-state index contributed by atoms with van der Waals surface area (Å²) < 4.78 is 0. The zero-order valence-electron chi connectivity index (χ0n) is 11.0. The Kier molecular flexibility index (Phi) is 7.02. The van der Waals surface area contributed by atoms with Gasteiger partial charge >= 0.3 is 0 Å². The summed E-state index contributed by atoms with van der Waals surface area (Å²) >= 11 is 0. The summed E-state index contributed by atoms with van der Waals surface area (Å²) in [7, 11) is 0. The molecule has 0 amide bonds.